The quantitative estimate of drug-likeness (QED) is 0.198. The first-order valence-electron chi connectivity index (χ1n) is 11.1. The van der Waals surface area contributed by atoms with E-state index in [1.165, 1.54) is 61.9 Å². The van der Waals surface area contributed by atoms with E-state index in [-0.39, 0.29) is 22.0 Å². The second-order valence-electron chi connectivity index (χ2n) is 8.64. The lowest BCUT2D eigenvalue weighted by Crippen LogP contribution is -2.68. The van der Waals surface area contributed by atoms with Crippen molar-refractivity contribution in [3.05, 3.63) is 62.7 Å². The first kappa shape index (κ1) is 23.3. The van der Waals surface area contributed by atoms with Crippen molar-refractivity contribution in [3.8, 4) is 6.07 Å². The predicted octanol–water partition coefficient (Wildman–Crippen LogP) is 3.81. The number of halogens is 1. The fourth-order valence-corrected chi connectivity index (χ4v) is 4.71. The number of nitro groups is 1. The van der Waals surface area contributed by atoms with E-state index in [1.807, 2.05) is 30.3 Å². The van der Waals surface area contributed by atoms with Crippen molar-refractivity contribution >= 4 is 28.7 Å². The number of non-ortho nitro benzene ring substituents is 1. The lowest BCUT2D eigenvalue weighted by Gasteiger charge is -2.50. The summed E-state index contributed by atoms with van der Waals surface area (Å²) >= 11 is 6.08. The van der Waals surface area contributed by atoms with Gasteiger partial charge in [-0.2, -0.15) is 10.4 Å². The van der Waals surface area contributed by atoms with Crippen molar-refractivity contribution in [1.82, 2.24) is 10.2 Å². The van der Waals surface area contributed by atoms with E-state index in [4.69, 9.17) is 11.6 Å². The fourth-order valence-electron chi connectivity index (χ4n) is 4.45. The Morgan fingerprint density at radius 2 is 1.82 bits per heavy atom. The van der Waals surface area contributed by atoms with Crippen LogP contribution in [0.25, 0.3) is 0 Å². The molecule has 0 aromatic heterocycles. The minimum atomic E-state index is -0.599. The highest BCUT2D eigenvalue weighted by Gasteiger charge is 2.37. The lowest BCUT2D eigenvalue weighted by atomic mass is 10.1. The summed E-state index contributed by atoms with van der Waals surface area (Å²) in [5, 5.41) is 32.0. The van der Waals surface area contributed by atoms with Crippen LogP contribution in [0.1, 0.15) is 11.1 Å². The van der Waals surface area contributed by atoms with E-state index in [0.717, 1.165) is 25.6 Å². The van der Waals surface area contributed by atoms with Gasteiger partial charge in [0, 0.05) is 38.3 Å². The Hall–Kier alpha value is -2.90. The molecule has 5 rings (SSSR count). The van der Waals surface area contributed by atoms with Gasteiger partial charge in [-0.05, 0) is 30.7 Å². The van der Waals surface area contributed by atoms with Crippen molar-refractivity contribution < 1.29 is 9.41 Å². The van der Waals surface area contributed by atoms with E-state index >= 15 is 0 Å². The standard InChI is InChI=1S/C23H27ClN7O2/c24-22-16-21(30(32)33)15-19(17-25)23(22)28-27-20-3-1-18(2-4-20)5-6-26-7-11-31-12-8-29(9-13-31)10-14-31/h1-4,15-16,26H,5-14H2/q+1. The summed E-state index contributed by atoms with van der Waals surface area (Å²) in [4.78, 5) is 12.9. The van der Waals surface area contributed by atoms with Crippen molar-refractivity contribution in [2.75, 3.05) is 58.9 Å². The Kier molecular flexibility index (Phi) is 7.30. The molecule has 10 heteroatoms. The molecule has 0 aliphatic carbocycles. The van der Waals surface area contributed by atoms with Crippen LogP contribution in [-0.2, 0) is 6.42 Å². The molecule has 2 bridgehead atoms. The van der Waals surface area contributed by atoms with Crippen LogP contribution in [0.5, 0.6) is 0 Å². The number of piperazine rings is 3. The molecule has 3 fully saturated rings. The number of nitrogens with one attached hydrogen (secondary N) is 1. The van der Waals surface area contributed by atoms with Crippen LogP contribution in [0, 0.1) is 21.4 Å². The third kappa shape index (κ3) is 5.72. The van der Waals surface area contributed by atoms with E-state index < -0.39 is 4.92 Å². The zero-order valence-electron chi connectivity index (χ0n) is 18.4. The molecule has 0 unspecified atom stereocenters. The minimum absolute atomic E-state index is 0.0117. The molecule has 2 aromatic rings. The number of quaternary nitrogens is 1. The molecule has 172 valence electrons. The molecule has 0 amide bonds. The third-order valence-corrected chi connectivity index (χ3v) is 6.89. The third-order valence-electron chi connectivity index (χ3n) is 6.61. The lowest BCUT2D eigenvalue weighted by molar-refractivity contribution is -0.939. The number of nitro benzene ring substituents is 1. The van der Waals surface area contributed by atoms with Crippen LogP contribution in [-0.4, -0.2) is 73.2 Å². The molecule has 3 heterocycles. The normalized spacial score (nSPS) is 21.9. The average molecular weight is 469 g/mol. The maximum absolute atomic E-state index is 10.9. The van der Waals surface area contributed by atoms with Gasteiger partial charge < -0.3 is 9.80 Å². The van der Waals surface area contributed by atoms with Gasteiger partial charge >= 0.3 is 0 Å². The minimum Gasteiger partial charge on any atom is -0.319 e. The highest BCUT2D eigenvalue weighted by Crippen LogP contribution is 2.34. The highest BCUT2D eigenvalue weighted by atomic mass is 35.5. The molecule has 0 saturated carbocycles. The Morgan fingerprint density at radius 3 is 2.45 bits per heavy atom. The maximum Gasteiger partial charge on any atom is 0.272 e. The van der Waals surface area contributed by atoms with Crippen molar-refractivity contribution in [1.29, 1.82) is 5.26 Å². The largest absolute Gasteiger partial charge is 0.319 e. The number of nitrogens with zero attached hydrogens (tertiary/aromatic N) is 6. The Labute approximate surface area is 198 Å². The first-order chi connectivity index (χ1) is 16.0. The molecule has 3 aliphatic rings. The number of azo groups is 1. The number of hydrogen-bond donors (Lipinski definition) is 1. The summed E-state index contributed by atoms with van der Waals surface area (Å²) in [6.07, 6.45) is 0.929. The zero-order chi connectivity index (χ0) is 23.3. The molecule has 3 aliphatic heterocycles. The van der Waals surface area contributed by atoms with Gasteiger partial charge in [0.25, 0.3) is 5.69 Å². The molecule has 0 spiro atoms. The van der Waals surface area contributed by atoms with E-state index in [2.05, 4.69) is 20.4 Å². The highest BCUT2D eigenvalue weighted by molar-refractivity contribution is 6.33. The Balaban J connectivity index is 1.27. The summed E-state index contributed by atoms with van der Waals surface area (Å²) < 4.78 is 1.27. The molecule has 9 nitrogen and oxygen atoms in total. The summed E-state index contributed by atoms with van der Waals surface area (Å²) in [7, 11) is 0. The SMILES string of the molecule is N#Cc1cc([N+](=O)[O-])cc(Cl)c1N=Nc1ccc(CCNCC[N+]23CCN(CC2)CC3)cc1. The van der Waals surface area contributed by atoms with Crippen LogP contribution >= 0.6 is 11.6 Å². The van der Waals surface area contributed by atoms with Crippen molar-refractivity contribution in [2.45, 2.75) is 6.42 Å². The van der Waals surface area contributed by atoms with Gasteiger partial charge in [0.1, 0.15) is 11.8 Å². The predicted molar refractivity (Wildman–Crippen MR) is 126 cm³/mol. The molecular weight excluding hydrogens is 442 g/mol. The molecule has 0 atom stereocenters. The number of nitriles is 1. The fraction of sp³-hybridized carbons (Fsp3) is 0.435. The molecule has 2 aromatic carbocycles. The molecule has 33 heavy (non-hydrogen) atoms. The van der Waals surface area contributed by atoms with E-state index in [9.17, 15) is 15.4 Å². The van der Waals surface area contributed by atoms with Crippen molar-refractivity contribution in [3.63, 3.8) is 0 Å². The molecule has 0 radical (unpaired) electrons. The molecule has 3 saturated heterocycles. The average Bonchev–Trinajstić information content (AvgIpc) is 2.84. The van der Waals surface area contributed by atoms with Gasteiger partial charge in [-0.1, -0.05) is 23.7 Å². The summed E-state index contributed by atoms with van der Waals surface area (Å²) in [6.45, 7) is 10.8. The first-order valence-corrected chi connectivity index (χ1v) is 11.5. The zero-order valence-corrected chi connectivity index (χ0v) is 19.2. The van der Waals surface area contributed by atoms with Gasteiger partial charge in [0.2, 0.25) is 0 Å². The number of hydrogen-bond acceptors (Lipinski definition) is 7. The number of benzene rings is 2. The van der Waals surface area contributed by atoms with Gasteiger partial charge in [0.15, 0.2) is 0 Å². The summed E-state index contributed by atoms with van der Waals surface area (Å²) in [6, 6.07) is 11.9. The maximum atomic E-state index is 10.9. The summed E-state index contributed by atoms with van der Waals surface area (Å²) in [5.74, 6) is 0. The number of rotatable bonds is 9. The van der Waals surface area contributed by atoms with Crippen molar-refractivity contribution in [2.24, 2.45) is 10.2 Å². The Morgan fingerprint density at radius 1 is 1.12 bits per heavy atom. The molecular formula is C23H27ClN7O2+. The van der Waals surface area contributed by atoms with Gasteiger partial charge in [-0.3, -0.25) is 15.0 Å². The van der Waals surface area contributed by atoms with E-state index in [0.29, 0.717) is 5.69 Å². The Bertz CT molecular complexity index is 1060. The monoisotopic (exact) mass is 468 g/mol. The van der Waals surface area contributed by atoms with Gasteiger partial charge in [0.05, 0.1) is 47.4 Å². The van der Waals surface area contributed by atoms with Crippen LogP contribution < -0.4 is 5.32 Å². The number of fused-ring (bicyclic) bond motifs is 3. The second kappa shape index (κ2) is 10.4. The van der Waals surface area contributed by atoms with Gasteiger partial charge in [-0.25, -0.2) is 0 Å². The second-order valence-corrected chi connectivity index (χ2v) is 9.04. The summed E-state index contributed by atoms with van der Waals surface area (Å²) in [5.41, 5.74) is 1.70. The van der Waals surface area contributed by atoms with Gasteiger partial charge in [-0.15, -0.1) is 5.11 Å². The van der Waals surface area contributed by atoms with Crippen LogP contribution in [0.15, 0.2) is 46.6 Å². The smallest absolute Gasteiger partial charge is 0.272 e. The molecule has 1 N–H and O–H groups in total. The van der Waals surface area contributed by atoms with E-state index in [1.54, 1.807) is 0 Å². The van der Waals surface area contributed by atoms with Crippen LogP contribution in [0.3, 0.4) is 0 Å². The van der Waals surface area contributed by atoms with Crippen LogP contribution in [0.2, 0.25) is 5.02 Å². The topological polar surface area (TPSA) is 107 Å². The van der Waals surface area contributed by atoms with Crippen LogP contribution in [0.4, 0.5) is 17.1 Å².